The van der Waals surface area contributed by atoms with E-state index in [2.05, 4.69) is 0 Å². The Hall–Kier alpha value is -1.10. The second-order valence-corrected chi connectivity index (χ2v) is 3.37. The largest absolute Gasteiger partial charge is 0.462 e. The molecule has 0 bridgehead atoms. The van der Waals surface area contributed by atoms with Gasteiger partial charge in [-0.25, -0.2) is 0 Å². The maximum Gasteiger partial charge on any atom is 0.306 e. The van der Waals surface area contributed by atoms with Crippen molar-refractivity contribution in [2.75, 3.05) is 20.3 Å². The molecule has 5 nitrogen and oxygen atoms in total. The van der Waals surface area contributed by atoms with Crippen LogP contribution in [0.1, 0.15) is 19.8 Å². The number of hydrogen-bond acceptors (Lipinski definition) is 5. The third kappa shape index (κ3) is 2.70. The molecule has 0 N–H and O–H groups in total. The van der Waals surface area contributed by atoms with E-state index in [-0.39, 0.29) is 25.2 Å². The highest BCUT2D eigenvalue weighted by Gasteiger charge is 2.41. The van der Waals surface area contributed by atoms with Crippen LogP contribution in [0, 0.1) is 0 Å². The summed E-state index contributed by atoms with van der Waals surface area (Å²) in [7, 11) is 1.52. The van der Waals surface area contributed by atoms with Gasteiger partial charge >= 0.3 is 11.9 Å². The molecule has 0 aromatic carbocycles. The zero-order valence-electron chi connectivity index (χ0n) is 8.37. The van der Waals surface area contributed by atoms with Gasteiger partial charge in [0.15, 0.2) is 5.60 Å². The van der Waals surface area contributed by atoms with Crippen molar-refractivity contribution >= 4 is 11.9 Å². The van der Waals surface area contributed by atoms with E-state index in [9.17, 15) is 9.59 Å². The molecule has 0 spiro atoms. The van der Waals surface area contributed by atoms with Crippen molar-refractivity contribution in [1.29, 1.82) is 0 Å². The third-order valence-corrected chi connectivity index (χ3v) is 2.06. The van der Waals surface area contributed by atoms with E-state index in [0.29, 0.717) is 12.8 Å². The Bertz CT molecular complexity index is 237. The Morgan fingerprint density at radius 1 is 1.57 bits per heavy atom. The van der Waals surface area contributed by atoms with E-state index in [1.807, 2.05) is 0 Å². The van der Waals surface area contributed by atoms with Crippen LogP contribution in [0.15, 0.2) is 0 Å². The van der Waals surface area contributed by atoms with Gasteiger partial charge in [0.25, 0.3) is 0 Å². The van der Waals surface area contributed by atoms with Gasteiger partial charge in [-0.15, -0.1) is 0 Å². The second-order valence-electron chi connectivity index (χ2n) is 3.37. The number of ether oxygens (including phenoxy) is 3. The van der Waals surface area contributed by atoms with Crippen LogP contribution in [0.3, 0.4) is 0 Å². The Morgan fingerprint density at radius 2 is 2.29 bits per heavy atom. The second kappa shape index (κ2) is 4.41. The van der Waals surface area contributed by atoms with Gasteiger partial charge in [-0.3, -0.25) is 9.59 Å². The summed E-state index contributed by atoms with van der Waals surface area (Å²) in [5.74, 6) is -0.655. The van der Waals surface area contributed by atoms with Gasteiger partial charge in [-0.1, -0.05) is 0 Å². The molecule has 0 aromatic rings. The van der Waals surface area contributed by atoms with Crippen molar-refractivity contribution in [2.24, 2.45) is 0 Å². The summed E-state index contributed by atoms with van der Waals surface area (Å²) in [6, 6.07) is 0. The summed E-state index contributed by atoms with van der Waals surface area (Å²) in [5.41, 5.74) is -0.766. The lowest BCUT2D eigenvalue weighted by molar-refractivity contribution is -0.166. The van der Waals surface area contributed by atoms with Crippen molar-refractivity contribution in [3.63, 3.8) is 0 Å². The van der Waals surface area contributed by atoms with E-state index in [4.69, 9.17) is 14.2 Å². The quantitative estimate of drug-likeness (QED) is 0.612. The van der Waals surface area contributed by atoms with Crippen molar-refractivity contribution in [2.45, 2.75) is 25.4 Å². The van der Waals surface area contributed by atoms with Crippen molar-refractivity contribution in [3.8, 4) is 0 Å². The molecule has 80 valence electrons. The van der Waals surface area contributed by atoms with Gasteiger partial charge in [0.1, 0.15) is 6.61 Å². The summed E-state index contributed by atoms with van der Waals surface area (Å²) in [4.78, 5) is 21.6. The lowest BCUT2D eigenvalue weighted by Gasteiger charge is -2.25. The molecule has 1 aliphatic heterocycles. The highest BCUT2D eigenvalue weighted by atomic mass is 16.6. The van der Waals surface area contributed by atoms with Gasteiger partial charge < -0.3 is 14.2 Å². The lowest BCUT2D eigenvalue weighted by atomic mass is 10.0. The van der Waals surface area contributed by atoms with Crippen LogP contribution >= 0.6 is 0 Å². The summed E-state index contributed by atoms with van der Waals surface area (Å²) in [5, 5.41) is 0. The van der Waals surface area contributed by atoms with Crippen LogP contribution < -0.4 is 0 Å². The maximum atomic E-state index is 11.0. The third-order valence-electron chi connectivity index (χ3n) is 2.06. The molecule has 1 saturated heterocycles. The Morgan fingerprint density at radius 3 is 2.71 bits per heavy atom. The molecule has 0 amide bonds. The zero-order valence-corrected chi connectivity index (χ0v) is 8.37. The summed E-state index contributed by atoms with van der Waals surface area (Å²) in [6.07, 6.45) is 0.886. The normalized spacial score (nSPS) is 26.0. The number of hydrogen-bond donors (Lipinski definition) is 0. The molecule has 1 aliphatic rings. The van der Waals surface area contributed by atoms with Crippen molar-refractivity contribution < 1.29 is 23.8 Å². The average molecular weight is 202 g/mol. The molecule has 1 heterocycles. The molecule has 0 aromatic heterocycles. The molecule has 1 unspecified atom stereocenters. The topological polar surface area (TPSA) is 61.8 Å². The van der Waals surface area contributed by atoms with E-state index >= 15 is 0 Å². The van der Waals surface area contributed by atoms with Crippen molar-refractivity contribution in [3.05, 3.63) is 0 Å². The predicted molar refractivity (Wildman–Crippen MR) is 46.6 cm³/mol. The Balaban J connectivity index is 2.53. The first kappa shape index (κ1) is 11.0. The first-order valence-electron chi connectivity index (χ1n) is 4.42. The zero-order chi connectivity index (χ0) is 10.6. The van der Waals surface area contributed by atoms with Crippen LogP contribution in [-0.2, 0) is 23.8 Å². The van der Waals surface area contributed by atoms with E-state index in [1.54, 1.807) is 0 Å². The van der Waals surface area contributed by atoms with Gasteiger partial charge in [0.2, 0.25) is 0 Å². The van der Waals surface area contributed by atoms with Crippen LogP contribution in [0.4, 0.5) is 0 Å². The van der Waals surface area contributed by atoms with Crippen LogP contribution in [0.5, 0.6) is 0 Å². The van der Waals surface area contributed by atoms with Gasteiger partial charge in [0.05, 0.1) is 6.61 Å². The first-order valence-corrected chi connectivity index (χ1v) is 4.42. The molecule has 0 aliphatic carbocycles. The fourth-order valence-electron chi connectivity index (χ4n) is 1.41. The summed E-state index contributed by atoms with van der Waals surface area (Å²) >= 11 is 0. The first-order chi connectivity index (χ1) is 6.58. The average Bonchev–Trinajstić information content (AvgIpc) is 2.46. The maximum absolute atomic E-state index is 11.0. The Labute approximate surface area is 82.3 Å². The van der Waals surface area contributed by atoms with Crippen LogP contribution in [-0.4, -0.2) is 37.9 Å². The van der Waals surface area contributed by atoms with Crippen LogP contribution in [0.2, 0.25) is 0 Å². The summed E-state index contributed by atoms with van der Waals surface area (Å²) < 4.78 is 14.9. The molecular weight excluding hydrogens is 188 g/mol. The molecule has 1 rings (SSSR count). The van der Waals surface area contributed by atoms with Crippen molar-refractivity contribution in [1.82, 2.24) is 0 Å². The fourth-order valence-corrected chi connectivity index (χ4v) is 1.41. The molecule has 0 saturated carbocycles. The molecule has 1 atom stereocenters. The summed E-state index contributed by atoms with van der Waals surface area (Å²) in [6.45, 7) is 1.64. The number of methoxy groups -OCH3 is 1. The highest BCUT2D eigenvalue weighted by Crippen LogP contribution is 2.27. The monoisotopic (exact) mass is 202 g/mol. The fraction of sp³-hybridized carbons (Fsp3) is 0.778. The molecule has 1 fully saturated rings. The minimum atomic E-state index is -0.766. The molecule has 14 heavy (non-hydrogen) atoms. The van der Waals surface area contributed by atoms with E-state index in [1.165, 1.54) is 14.0 Å². The Kier molecular flexibility index (Phi) is 3.46. The number of esters is 2. The molecule has 5 heteroatoms. The standard InChI is InChI=1S/C9H14O5/c1-7(10)13-6-9(5-12-2)4-3-8(11)14-9/h3-6H2,1-2H3. The number of rotatable bonds is 4. The van der Waals surface area contributed by atoms with Crippen LogP contribution in [0.25, 0.3) is 0 Å². The smallest absolute Gasteiger partial charge is 0.306 e. The van der Waals surface area contributed by atoms with Gasteiger partial charge in [-0.2, -0.15) is 0 Å². The van der Waals surface area contributed by atoms with E-state index in [0.717, 1.165) is 0 Å². The number of carbonyl (C=O) groups excluding carboxylic acids is 2. The molecular formula is C9H14O5. The minimum Gasteiger partial charge on any atom is -0.462 e. The molecule has 0 radical (unpaired) electrons. The lowest BCUT2D eigenvalue weighted by Crippen LogP contribution is -2.39. The van der Waals surface area contributed by atoms with Gasteiger partial charge in [-0.05, 0) is 0 Å². The SMILES string of the molecule is COCC1(COC(C)=O)CCC(=O)O1. The number of carbonyl (C=O) groups is 2. The van der Waals surface area contributed by atoms with Gasteiger partial charge in [0, 0.05) is 26.9 Å². The highest BCUT2D eigenvalue weighted by molar-refractivity contribution is 5.72. The number of cyclic esters (lactones) is 1. The minimum absolute atomic E-state index is 0.0713. The van der Waals surface area contributed by atoms with E-state index < -0.39 is 5.60 Å². The predicted octanol–water partition coefficient (Wildman–Crippen LogP) is 0.272.